The van der Waals surface area contributed by atoms with Crippen LogP contribution in [-0.2, 0) is 0 Å². The number of nitrogens with one attached hydrogen (secondary N) is 2. The van der Waals surface area contributed by atoms with E-state index in [-0.39, 0.29) is 5.69 Å². The summed E-state index contributed by atoms with van der Waals surface area (Å²) in [5.74, 6) is 0.656. The summed E-state index contributed by atoms with van der Waals surface area (Å²) in [5.41, 5.74) is 1.47. The maximum atomic E-state index is 10.7. The third-order valence-corrected chi connectivity index (χ3v) is 3.96. The Morgan fingerprint density at radius 1 is 1.58 bits per heavy atom. The molecule has 1 unspecified atom stereocenters. The number of aromatic amines is 1. The summed E-state index contributed by atoms with van der Waals surface area (Å²) in [6, 6.07) is 4.61. The number of hydrogen-bond acceptors (Lipinski definition) is 5. The van der Waals surface area contributed by atoms with Crippen LogP contribution in [0, 0.1) is 10.1 Å². The van der Waals surface area contributed by atoms with Crippen LogP contribution in [-0.4, -0.2) is 32.9 Å². The van der Waals surface area contributed by atoms with Gasteiger partial charge in [-0.3, -0.25) is 10.1 Å². The molecule has 19 heavy (non-hydrogen) atoms. The number of hydrogen-bond donors (Lipinski definition) is 2. The second kappa shape index (κ2) is 5.92. The van der Waals surface area contributed by atoms with E-state index in [1.165, 1.54) is 12.1 Å². The smallest absolute Gasteiger partial charge is 0.271 e. The molecule has 1 atom stereocenters. The molecule has 1 aromatic heterocycles. The highest BCUT2D eigenvalue weighted by Crippen LogP contribution is 2.20. The van der Waals surface area contributed by atoms with Crippen LogP contribution in [0.4, 0.5) is 11.6 Å². The zero-order valence-corrected chi connectivity index (χ0v) is 11.7. The number of rotatable bonds is 6. The van der Waals surface area contributed by atoms with E-state index in [1.54, 1.807) is 6.07 Å². The molecule has 0 amide bonds. The van der Waals surface area contributed by atoms with Gasteiger partial charge in [0.15, 0.2) is 0 Å². The zero-order valence-electron chi connectivity index (χ0n) is 10.8. The highest BCUT2D eigenvalue weighted by atomic mass is 32.2. The highest BCUT2D eigenvalue weighted by Gasteiger charge is 2.09. The van der Waals surface area contributed by atoms with E-state index in [0.29, 0.717) is 16.7 Å². The van der Waals surface area contributed by atoms with Crippen LogP contribution in [0.25, 0.3) is 11.0 Å². The molecule has 102 valence electrons. The van der Waals surface area contributed by atoms with Crippen molar-refractivity contribution < 1.29 is 4.92 Å². The van der Waals surface area contributed by atoms with Crippen LogP contribution >= 0.6 is 11.8 Å². The molecule has 1 aromatic carbocycles. The third-order valence-electron chi connectivity index (χ3n) is 2.92. The van der Waals surface area contributed by atoms with Crippen molar-refractivity contribution in [2.24, 2.45) is 0 Å². The quantitative estimate of drug-likeness (QED) is 0.627. The first-order valence-corrected chi connectivity index (χ1v) is 7.30. The maximum absolute atomic E-state index is 10.7. The molecule has 6 nitrogen and oxygen atoms in total. The minimum atomic E-state index is -0.409. The molecule has 0 aliphatic rings. The lowest BCUT2D eigenvalue weighted by molar-refractivity contribution is -0.384. The van der Waals surface area contributed by atoms with Crippen LogP contribution in [0.5, 0.6) is 0 Å². The van der Waals surface area contributed by atoms with Crippen molar-refractivity contribution >= 4 is 34.4 Å². The highest BCUT2D eigenvalue weighted by molar-refractivity contribution is 7.99. The number of nitrogens with zero attached hydrogens (tertiary/aromatic N) is 2. The van der Waals surface area contributed by atoms with Gasteiger partial charge in [-0.15, -0.1) is 0 Å². The van der Waals surface area contributed by atoms with Gasteiger partial charge < -0.3 is 10.3 Å². The van der Waals surface area contributed by atoms with Gasteiger partial charge in [-0.2, -0.15) is 11.8 Å². The van der Waals surface area contributed by atoms with Gasteiger partial charge in [-0.25, -0.2) is 4.98 Å². The fourth-order valence-electron chi connectivity index (χ4n) is 1.71. The average molecular weight is 280 g/mol. The van der Waals surface area contributed by atoms with Gasteiger partial charge in [0.2, 0.25) is 5.95 Å². The minimum Gasteiger partial charge on any atom is -0.356 e. The molecule has 1 heterocycles. The summed E-state index contributed by atoms with van der Waals surface area (Å²) in [6.45, 7) is 3.00. The van der Waals surface area contributed by atoms with Gasteiger partial charge in [0.25, 0.3) is 5.69 Å². The van der Waals surface area contributed by atoms with Crippen molar-refractivity contribution in [3.05, 3.63) is 28.3 Å². The first kappa shape index (κ1) is 13.7. The van der Waals surface area contributed by atoms with Crippen molar-refractivity contribution in [1.29, 1.82) is 0 Å². The van der Waals surface area contributed by atoms with Crippen LogP contribution in [0.15, 0.2) is 18.2 Å². The molecule has 0 radical (unpaired) electrons. The van der Waals surface area contributed by atoms with Gasteiger partial charge in [-0.1, -0.05) is 6.92 Å². The summed E-state index contributed by atoms with van der Waals surface area (Å²) in [6.07, 6.45) is 3.13. The Hall–Kier alpha value is -1.76. The van der Waals surface area contributed by atoms with E-state index in [9.17, 15) is 10.1 Å². The number of aromatic nitrogens is 2. The number of non-ortho nitro benzene ring substituents is 1. The Kier molecular flexibility index (Phi) is 4.26. The molecule has 0 aliphatic carbocycles. The summed E-state index contributed by atoms with van der Waals surface area (Å²) >= 11 is 1.82. The number of H-pyrrole nitrogens is 1. The summed E-state index contributed by atoms with van der Waals surface area (Å²) < 4.78 is 0. The van der Waals surface area contributed by atoms with Gasteiger partial charge in [0, 0.05) is 23.9 Å². The van der Waals surface area contributed by atoms with Crippen molar-refractivity contribution in [2.75, 3.05) is 18.1 Å². The maximum Gasteiger partial charge on any atom is 0.271 e. The second-order valence-corrected chi connectivity index (χ2v) is 5.58. The van der Waals surface area contributed by atoms with Gasteiger partial charge >= 0.3 is 0 Å². The monoisotopic (exact) mass is 280 g/mol. The van der Waals surface area contributed by atoms with Crippen LogP contribution in [0.1, 0.15) is 13.3 Å². The van der Waals surface area contributed by atoms with Crippen molar-refractivity contribution in [2.45, 2.75) is 18.6 Å². The van der Waals surface area contributed by atoms with Crippen molar-refractivity contribution in [3.8, 4) is 0 Å². The second-order valence-electron chi connectivity index (χ2n) is 4.31. The molecule has 0 aliphatic heterocycles. The first-order chi connectivity index (χ1) is 9.10. The molecule has 0 saturated carbocycles. The van der Waals surface area contributed by atoms with E-state index < -0.39 is 4.92 Å². The van der Waals surface area contributed by atoms with Gasteiger partial charge in [0.1, 0.15) is 0 Å². The standard InChI is InChI=1S/C12H16N4O2S/c1-8(19-2)5-6-13-12-14-10-4-3-9(16(17)18)7-11(10)15-12/h3-4,7-8H,5-6H2,1-2H3,(H2,13,14,15). The molecular weight excluding hydrogens is 264 g/mol. The van der Waals surface area contributed by atoms with Gasteiger partial charge in [0.05, 0.1) is 16.0 Å². The number of benzene rings is 1. The molecule has 2 N–H and O–H groups in total. The molecule has 7 heteroatoms. The SMILES string of the molecule is CSC(C)CCNc1nc2ccc([N+](=O)[O-])cc2[nH]1. The average Bonchev–Trinajstić information content (AvgIpc) is 2.79. The number of nitro benzene ring substituents is 1. The molecule has 0 fully saturated rings. The van der Waals surface area contributed by atoms with E-state index in [0.717, 1.165) is 18.5 Å². The van der Waals surface area contributed by atoms with E-state index in [4.69, 9.17) is 0 Å². The summed E-state index contributed by atoms with van der Waals surface area (Å²) in [4.78, 5) is 17.7. The number of fused-ring (bicyclic) bond motifs is 1. The molecule has 2 rings (SSSR count). The number of thioether (sulfide) groups is 1. The first-order valence-electron chi connectivity index (χ1n) is 6.01. The molecule has 2 aromatic rings. The van der Waals surface area contributed by atoms with Gasteiger partial charge in [-0.05, 0) is 18.7 Å². The van der Waals surface area contributed by atoms with E-state index >= 15 is 0 Å². The Labute approximate surface area is 115 Å². The third kappa shape index (κ3) is 3.37. The minimum absolute atomic E-state index is 0.0682. The van der Waals surface area contributed by atoms with Crippen LogP contribution in [0.2, 0.25) is 0 Å². The fraction of sp³-hybridized carbons (Fsp3) is 0.417. The Morgan fingerprint density at radius 3 is 3.05 bits per heavy atom. The molecular formula is C12H16N4O2S. The zero-order chi connectivity index (χ0) is 13.8. The summed E-state index contributed by atoms with van der Waals surface area (Å²) in [7, 11) is 0. The molecule has 0 saturated heterocycles. The van der Waals surface area contributed by atoms with Crippen molar-refractivity contribution in [3.63, 3.8) is 0 Å². The van der Waals surface area contributed by atoms with Crippen LogP contribution < -0.4 is 5.32 Å². The number of imidazole rings is 1. The lowest BCUT2D eigenvalue weighted by Crippen LogP contribution is -2.08. The predicted molar refractivity (Wildman–Crippen MR) is 78.8 cm³/mol. The lowest BCUT2D eigenvalue weighted by Gasteiger charge is -2.07. The topological polar surface area (TPSA) is 83.8 Å². The van der Waals surface area contributed by atoms with Crippen molar-refractivity contribution in [1.82, 2.24) is 9.97 Å². The normalized spacial score (nSPS) is 12.5. The Bertz CT molecular complexity index is 584. The Morgan fingerprint density at radius 2 is 2.37 bits per heavy atom. The predicted octanol–water partition coefficient (Wildman–Crippen LogP) is 3.02. The molecule has 0 spiro atoms. The summed E-state index contributed by atoms with van der Waals surface area (Å²) in [5, 5.41) is 14.5. The number of anilines is 1. The Balaban J connectivity index is 2.07. The number of nitro groups is 1. The largest absolute Gasteiger partial charge is 0.356 e. The van der Waals surface area contributed by atoms with E-state index in [2.05, 4.69) is 28.5 Å². The fourth-order valence-corrected chi connectivity index (χ4v) is 2.06. The van der Waals surface area contributed by atoms with Crippen LogP contribution in [0.3, 0.4) is 0 Å². The van der Waals surface area contributed by atoms with E-state index in [1.807, 2.05) is 11.8 Å². The lowest BCUT2D eigenvalue weighted by atomic mass is 10.3. The molecule has 0 bridgehead atoms.